The summed E-state index contributed by atoms with van der Waals surface area (Å²) in [7, 11) is 0. The quantitative estimate of drug-likeness (QED) is 0.0200. The average molecular weight is 948 g/mol. The van der Waals surface area contributed by atoms with Crippen molar-refractivity contribution in [2.45, 2.75) is 108 Å². The van der Waals surface area contributed by atoms with Crippen molar-refractivity contribution in [3.8, 4) is 0 Å². The third kappa shape index (κ3) is 16.0. The number of carbonyl (C=O) groups is 7. The molecule has 0 unspecified atom stereocenters. The van der Waals surface area contributed by atoms with E-state index in [4.69, 9.17) is 11.1 Å². The first-order valence-corrected chi connectivity index (χ1v) is 22.6. The van der Waals surface area contributed by atoms with E-state index in [0.29, 0.717) is 24.1 Å². The van der Waals surface area contributed by atoms with Crippen molar-refractivity contribution in [2.24, 2.45) is 5.73 Å². The SMILES string of the molecule is CCCC[C@H](NC(C)=O)C(=O)N[C@@H](CC(=O)O)C(=O)N[C@@H](Cc1c[nH]cn1)C(=O)N[C@H](Cc1ccc2ccccc2c1)C(=O)N[C@@H](CCCNC(=N)N)C(=O)N[C@H]([C]=O)Cc1c[nH]c2ccccc12. The van der Waals surface area contributed by atoms with Gasteiger partial charge in [-0.05, 0) is 47.2 Å². The van der Waals surface area contributed by atoms with Gasteiger partial charge in [0.2, 0.25) is 41.7 Å². The van der Waals surface area contributed by atoms with Crippen LogP contribution in [0.5, 0.6) is 0 Å². The number of nitrogens with zero attached hydrogens (tertiary/aromatic N) is 1. The van der Waals surface area contributed by atoms with E-state index in [1.165, 1.54) is 19.4 Å². The second kappa shape index (κ2) is 25.7. The molecule has 0 aliphatic carbocycles. The van der Waals surface area contributed by atoms with Gasteiger partial charge in [0.15, 0.2) is 5.96 Å². The number of para-hydroxylation sites is 1. The van der Waals surface area contributed by atoms with Gasteiger partial charge in [0.25, 0.3) is 0 Å². The predicted molar refractivity (Wildman–Crippen MR) is 256 cm³/mol. The molecule has 0 bridgehead atoms. The van der Waals surface area contributed by atoms with Crippen LogP contribution in [0, 0.1) is 5.41 Å². The van der Waals surface area contributed by atoms with Crippen LogP contribution < -0.4 is 43.0 Å². The predicted octanol–water partition coefficient (Wildman–Crippen LogP) is 1.04. The average Bonchev–Trinajstić information content (AvgIpc) is 4.00. The highest BCUT2D eigenvalue weighted by atomic mass is 16.4. The molecule has 365 valence electrons. The Bertz CT molecular complexity index is 2600. The molecule has 69 heavy (non-hydrogen) atoms. The molecule has 2 heterocycles. The molecule has 0 saturated heterocycles. The molecule has 0 spiro atoms. The fraction of sp³-hybridized carbons (Fsp3) is 0.375. The van der Waals surface area contributed by atoms with Gasteiger partial charge in [-0.25, -0.2) is 4.98 Å². The van der Waals surface area contributed by atoms with Gasteiger partial charge < -0.3 is 58.0 Å². The molecule has 0 aliphatic heterocycles. The minimum atomic E-state index is -1.70. The van der Waals surface area contributed by atoms with Gasteiger partial charge >= 0.3 is 5.97 Å². The monoisotopic (exact) mass is 947 g/mol. The molecule has 5 rings (SSSR count). The lowest BCUT2D eigenvalue weighted by molar-refractivity contribution is -0.141. The number of hydrogen-bond donors (Lipinski definition) is 12. The minimum absolute atomic E-state index is 0.00290. The summed E-state index contributed by atoms with van der Waals surface area (Å²) in [6.45, 7) is 3.26. The molecular weight excluding hydrogens is 889 g/mol. The van der Waals surface area contributed by atoms with E-state index >= 15 is 0 Å². The van der Waals surface area contributed by atoms with Crippen molar-refractivity contribution in [3.05, 3.63) is 102 Å². The fourth-order valence-corrected chi connectivity index (χ4v) is 7.74. The van der Waals surface area contributed by atoms with Gasteiger partial charge in [0.05, 0.1) is 24.5 Å². The topological polar surface area (TPSA) is 335 Å². The van der Waals surface area contributed by atoms with Crippen LogP contribution in [0.4, 0.5) is 0 Å². The second-order valence-electron chi connectivity index (χ2n) is 16.6. The van der Waals surface area contributed by atoms with Crippen LogP contribution in [-0.2, 0) is 57.6 Å². The van der Waals surface area contributed by atoms with Crippen molar-refractivity contribution < 1.29 is 43.5 Å². The fourth-order valence-electron chi connectivity index (χ4n) is 7.74. The summed E-state index contributed by atoms with van der Waals surface area (Å²) in [5.41, 5.74) is 7.98. The summed E-state index contributed by atoms with van der Waals surface area (Å²) in [4.78, 5) is 117. The number of hydrogen-bond acceptors (Lipinski definition) is 10. The summed E-state index contributed by atoms with van der Waals surface area (Å²) < 4.78 is 0. The number of nitrogens with one attached hydrogen (secondary N) is 10. The van der Waals surface area contributed by atoms with E-state index in [-0.39, 0.29) is 51.0 Å². The van der Waals surface area contributed by atoms with Crippen LogP contribution in [0.1, 0.15) is 69.2 Å². The number of benzene rings is 3. The summed E-state index contributed by atoms with van der Waals surface area (Å²) in [5.74, 6) is -6.52. The number of aromatic nitrogens is 3. The lowest BCUT2D eigenvalue weighted by atomic mass is 9.99. The molecule has 21 heteroatoms. The molecule has 0 fully saturated rings. The van der Waals surface area contributed by atoms with Crippen molar-refractivity contribution in [3.63, 3.8) is 0 Å². The Labute approximate surface area is 397 Å². The van der Waals surface area contributed by atoms with E-state index in [2.05, 4.69) is 52.2 Å². The highest BCUT2D eigenvalue weighted by molar-refractivity contribution is 5.98. The number of carboxylic acids is 1. The van der Waals surface area contributed by atoms with Crippen LogP contribution in [0.25, 0.3) is 21.7 Å². The van der Waals surface area contributed by atoms with Crippen molar-refractivity contribution >= 4 is 75.3 Å². The zero-order chi connectivity index (χ0) is 49.9. The van der Waals surface area contributed by atoms with Gasteiger partial charge in [-0.1, -0.05) is 80.4 Å². The third-order valence-corrected chi connectivity index (χ3v) is 11.2. The Morgan fingerprint density at radius 2 is 1.33 bits per heavy atom. The number of aliphatic carboxylic acids is 1. The van der Waals surface area contributed by atoms with Crippen LogP contribution in [0.15, 0.2) is 85.5 Å². The number of carboxylic acid groups (broad SMARTS) is 1. The molecule has 2 aromatic heterocycles. The molecule has 21 nitrogen and oxygen atoms in total. The molecule has 0 aliphatic rings. The molecule has 6 atom stereocenters. The standard InChI is InChI=1S/C48H59N12O9/c1-3-4-13-37(55-28(2)62)44(66)60-41(23-42(63)64)47(69)59-40(22-33-25-51-27-54-33)46(68)58-39(20-29-16-17-30-10-5-6-11-31(30)19-29)45(67)57-38(15-9-18-52-48(49)50)43(65)56-34(26-61)21-32-24-53-36-14-8-7-12-35(32)36/h5-8,10-12,14,16-17,19,24-25,27,34,37-41,53H,3-4,9,13,15,18,20-23H2,1-2H3,(H,51,54)(H,55,62)(H,56,65)(H,57,67)(H,58,68)(H,59,69)(H,60,66)(H,63,64)(H4,49,50,52)/t34-,37-,38-,39+,40-,41-/m0/s1. The number of H-pyrrole nitrogens is 2. The van der Waals surface area contributed by atoms with Gasteiger partial charge in [0, 0.05) is 56.0 Å². The number of carbonyl (C=O) groups excluding carboxylic acids is 7. The van der Waals surface area contributed by atoms with Gasteiger partial charge in [-0.15, -0.1) is 0 Å². The first kappa shape index (κ1) is 51.9. The number of guanidine groups is 1. The number of imidazole rings is 1. The van der Waals surface area contributed by atoms with Gasteiger partial charge in [0.1, 0.15) is 30.2 Å². The number of rotatable bonds is 27. The molecular formula is C48H59N12O9. The molecule has 5 aromatic rings. The van der Waals surface area contributed by atoms with Crippen molar-refractivity contribution in [1.29, 1.82) is 5.41 Å². The lowest BCUT2D eigenvalue weighted by Crippen LogP contribution is -2.60. The first-order chi connectivity index (χ1) is 33.1. The van der Waals surface area contributed by atoms with Crippen LogP contribution in [-0.4, -0.2) is 117 Å². The smallest absolute Gasteiger partial charge is 0.305 e. The van der Waals surface area contributed by atoms with Crippen molar-refractivity contribution in [2.75, 3.05) is 6.54 Å². The molecule has 1 radical (unpaired) electrons. The van der Waals surface area contributed by atoms with E-state index in [0.717, 1.165) is 27.2 Å². The highest BCUT2D eigenvalue weighted by Crippen LogP contribution is 2.20. The Kier molecular flexibility index (Phi) is 19.3. The number of aromatic amines is 2. The Hall–Kier alpha value is -8.10. The molecule has 3 aromatic carbocycles. The van der Waals surface area contributed by atoms with Crippen LogP contribution in [0.2, 0.25) is 0 Å². The Morgan fingerprint density at radius 3 is 2.00 bits per heavy atom. The highest BCUT2D eigenvalue weighted by Gasteiger charge is 2.34. The number of nitrogens with two attached hydrogens (primary N) is 1. The van der Waals surface area contributed by atoms with Gasteiger partial charge in [-0.3, -0.25) is 43.8 Å². The summed E-state index contributed by atoms with van der Waals surface area (Å²) in [6, 6.07) is 12.3. The zero-order valence-corrected chi connectivity index (χ0v) is 38.4. The minimum Gasteiger partial charge on any atom is -0.481 e. The van der Waals surface area contributed by atoms with Crippen LogP contribution >= 0.6 is 0 Å². The maximum absolute atomic E-state index is 14.6. The van der Waals surface area contributed by atoms with E-state index in [1.807, 2.05) is 73.9 Å². The van der Waals surface area contributed by atoms with E-state index in [1.54, 1.807) is 12.3 Å². The Morgan fingerprint density at radius 1 is 0.725 bits per heavy atom. The molecule has 0 saturated carbocycles. The normalized spacial score (nSPS) is 13.7. The molecule has 6 amide bonds. The second-order valence-corrected chi connectivity index (χ2v) is 16.6. The Balaban J connectivity index is 1.43. The summed E-state index contributed by atoms with van der Waals surface area (Å²) in [6.07, 6.45) is 6.95. The number of amides is 6. The summed E-state index contributed by atoms with van der Waals surface area (Å²) in [5, 5.41) is 38.2. The van der Waals surface area contributed by atoms with Crippen LogP contribution in [0.3, 0.4) is 0 Å². The molecule has 13 N–H and O–H groups in total. The maximum Gasteiger partial charge on any atom is 0.305 e. The first-order valence-electron chi connectivity index (χ1n) is 22.6. The number of unbranched alkanes of at least 4 members (excludes halogenated alkanes) is 1. The van der Waals surface area contributed by atoms with Gasteiger partial charge in [-0.2, -0.15) is 0 Å². The third-order valence-electron chi connectivity index (χ3n) is 11.2. The van der Waals surface area contributed by atoms with E-state index < -0.39 is 84.1 Å². The maximum atomic E-state index is 14.6. The van der Waals surface area contributed by atoms with Crippen molar-refractivity contribution in [1.82, 2.24) is 52.2 Å². The lowest BCUT2D eigenvalue weighted by Gasteiger charge is -2.27. The number of fused-ring (bicyclic) bond motifs is 2. The zero-order valence-electron chi connectivity index (χ0n) is 38.4. The summed E-state index contributed by atoms with van der Waals surface area (Å²) >= 11 is 0. The van der Waals surface area contributed by atoms with E-state index in [9.17, 15) is 43.5 Å². The largest absolute Gasteiger partial charge is 0.481 e.